The van der Waals surface area contributed by atoms with Crippen molar-refractivity contribution in [2.75, 3.05) is 0 Å². The molecule has 0 aromatic rings. The maximum Gasteiger partial charge on any atom is 0.389 e. The van der Waals surface area contributed by atoms with Crippen LogP contribution in [-0.2, 0) is 0 Å². The summed E-state index contributed by atoms with van der Waals surface area (Å²) >= 11 is 0. The second-order valence-corrected chi connectivity index (χ2v) is 2.85. The zero-order valence-corrected chi connectivity index (χ0v) is 7.91. The van der Waals surface area contributed by atoms with E-state index in [0.29, 0.717) is 0 Å². The molecule has 4 heteroatoms. The molecular weight excluding hydrogens is 157 g/mol. The third-order valence-corrected chi connectivity index (χ3v) is 1.47. The number of allylic oxidation sites excluding steroid dienone is 2. The molecule has 0 bridgehead atoms. The summed E-state index contributed by atoms with van der Waals surface area (Å²) in [6.07, 6.45) is -1.15. The van der Waals surface area contributed by atoms with Crippen LogP contribution in [0, 0.1) is 0 Å². The minimum absolute atomic E-state index is 0.131. The van der Waals surface area contributed by atoms with Crippen molar-refractivity contribution in [2.45, 2.75) is 25.1 Å². The molecule has 0 atom stereocenters. The Morgan fingerprint density at radius 3 is 2.20 bits per heavy atom. The fourth-order valence-electron chi connectivity index (χ4n) is 0.532. The highest BCUT2D eigenvalue weighted by Gasteiger charge is 2.25. The fraction of sp³-hybridized carbons (Fsp3) is 0.667. The molecule has 0 N–H and O–H groups in total. The molecule has 0 aliphatic rings. The highest BCUT2D eigenvalue weighted by atomic mass is 28.1. The summed E-state index contributed by atoms with van der Waals surface area (Å²) in [6.45, 7) is 0. The molecule has 0 fully saturated rings. The number of alkyl halides is 3. The van der Waals surface area contributed by atoms with Crippen LogP contribution in [0.5, 0.6) is 0 Å². The maximum atomic E-state index is 11.5. The summed E-state index contributed by atoms with van der Waals surface area (Å²) in [6, 6.07) is 0.942. The van der Waals surface area contributed by atoms with Crippen molar-refractivity contribution < 1.29 is 13.2 Å². The molecule has 0 radical (unpaired) electrons. The molecule has 60 valence electrons. The van der Waals surface area contributed by atoms with E-state index in [4.69, 9.17) is 0 Å². The van der Waals surface area contributed by atoms with Crippen molar-refractivity contribution in [2.24, 2.45) is 0 Å². The zero-order valence-electron chi connectivity index (χ0n) is 5.91. The second kappa shape index (κ2) is 4.55. The van der Waals surface area contributed by atoms with Gasteiger partial charge >= 0.3 is 6.18 Å². The van der Waals surface area contributed by atoms with Gasteiger partial charge < -0.3 is 0 Å². The van der Waals surface area contributed by atoms with Gasteiger partial charge in [0.05, 0.1) is 0 Å². The van der Waals surface area contributed by atoms with E-state index in [0.717, 1.165) is 16.3 Å². The van der Waals surface area contributed by atoms with E-state index in [1.807, 2.05) is 0 Å². The topological polar surface area (TPSA) is 0 Å². The summed E-state index contributed by atoms with van der Waals surface area (Å²) in [5.41, 5.74) is 0. The van der Waals surface area contributed by atoms with Gasteiger partial charge in [-0.1, -0.05) is 12.2 Å². The number of hydrogen-bond acceptors (Lipinski definition) is 0. The van der Waals surface area contributed by atoms with Gasteiger partial charge in [0.25, 0.3) is 0 Å². The first-order valence-corrected chi connectivity index (χ1v) is 4.69. The van der Waals surface area contributed by atoms with Gasteiger partial charge in [-0.05, 0) is 12.5 Å². The van der Waals surface area contributed by atoms with Crippen molar-refractivity contribution >= 4 is 10.2 Å². The molecule has 0 aromatic carbocycles. The largest absolute Gasteiger partial charge is 0.389 e. The van der Waals surface area contributed by atoms with Crippen molar-refractivity contribution in [3.63, 3.8) is 0 Å². The molecule has 0 aliphatic heterocycles. The van der Waals surface area contributed by atoms with E-state index in [9.17, 15) is 13.2 Å². The summed E-state index contributed by atoms with van der Waals surface area (Å²) in [7, 11) is 1.03. The molecule has 0 amide bonds. The molecule has 0 aliphatic carbocycles. The fourth-order valence-corrected chi connectivity index (χ4v) is 0.865. The van der Waals surface area contributed by atoms with Crippen molar-refractivity contribution in [1.82, 2.24) is 0 Å². The molecule has 0 aromatic heterocycles. The molecule has 0 heterocycles. The third kappa shape index (κ3) is 7.75. The Bertz CT molecular complexity index is 106. The van der Waals surface area contributed by atoms with E-state index in [1.165, 1.54) is 0 Å². The molecule has 10 heavy (non-hydrogen) atoms. The minimum Gasteiger partial charge on any atom is -0.171 e. The Labute approximate surface area is 61.5 Å². The predicted molar refractivity (Wildman–Crippen MR) is 39.2 cm³/mol. The Morgan fingerprint density at radius 1 is 1.20 bits per heavy atom. The van der Waals surface area contributed by atoms with E-state index < -0.39 is 12.6 Å². The Balaban J connectivity index is 3.28. The molecular formula is C6H11F3Si. The van der Waals surface area contributed by atoms with Crippen LogP contribution in [0.3, 0.4) is 0 Å². The third-order valence-electron chi connectivity index (χ3n) is 0.997. The summed E-state index contributed by atoms with van der Waals surface area (Å²) in [5, 5.41) is 0. The Morgan fingerprint density at radius 2 is 1.80 bits per heavy atom. The van der Waals surface area contributed by atoms with Crippen LogP contribution in [0.2, 0.25) is 6.04 Å². The van der Waals surface area contributed by atoms with Gasteiger partial charge in [-0.15, -0.1) is 0 Å². The van der Waals surface area contributed by atoms with E-state index in [1.54, 1.807) is 12.2 Å². The van der Waals surface area contributed by atoms with Gasteiger partial charge in [0.1, 0.15) is 0 Å². The normalized spacial score (nSPS) is 13.1. The van der Waals surface area contributed by atoms with Crippen LogP contribution in [0.4, 0.5) is 13.2 Å². The van der Waals surface area contributed by atoms with Gasteiger partial charge in [-0.3, -0.25) is 0 Å². The zero-order chi connectivity index (χ0) is 8.04. The molecule has 0 unspecified atom stereocenters. The molecule has 0 nitrogen and oxygen atoms in total. The maximum absolute atomic E-state index is 11.5. The minimum atomic E-state index is -3.99. The van der Waals surface area contributed by atoms with Crippen LogP contribution < -0.4 is 0 Å². The SMILES string of the molecule is FC(F)(F)CCC=CC[SiH3]. The second-order valence-electron chi connectivity index (χ2n) is 2.03. The lowest BCUT2D eigenvalue weighted by atomic mass is 10.3. The average molecular weight is 168 g/mol. The quantitative estimate of drug-likeness (QED) is 0.444. The predicted octanol–water partition coefficient (Wildman–Crippen LogP) is 1.67. The van der Waals surface area contributed by atoms with Crippen molar-refractivity contribution in [3.8, 4) is 0 Å². The van der Waals surface area contributed by atoms with Crippen LogP contribution in [0.25, 0.3) is 0 Å². The smallest absolute Gasteiger partial charge is 0.171 e. The first-order chi connectivity index (χ1) is 4.56. The summed E-state index contributed by atoms with van der Waals surface area (Å²) < 4.78 is 34.4. The molecule has 0 rings (SSSR count). The summed E-state index contributed by atoms with van der Waals surface area (Å²) in [4.78, 5) is 0. The monoisotopic (exact) mass is 168 g/mol. The first-order valence-electron chi connectivity index (χ1n) is 3.28. The van der Waals surface area contributed by atoms with Gasteiger partial charge in [-0.25, -0.2) is 0 Å². The molecule has 0 saturated carbocycles. The lowest BCUT2D eigenvalue weighted by Gasteiger charge is -2.01. The van der Waals surface area contributed by atoms with Gasteiger partial charge in [0.15, 0.2) is 0 Å². The lowest BCUT2D eigenvalue weighted by molar-refractivity contribution is -0.133. The van der Waals surface area contributed by atoms with Gasteiger partial charge in [0.2, 0.25) is 0 Å². The van der Waals surface area contributed by atoms with Crippen LogP contribution in [0.15, 0.2) is 12.2 Å². The van der Waals surface area contributed by atoms with Crippen LogP contribution in [-0.4, -0.2) is 16.4 Å². The Kier molecular flexibility index (Phi) is 4.43. The highest BCUT2D eigenvalue weighted by molar-refractivity contribution is 6.09. The van der Waals surface area contributed by atoms with E-state index >= 15 is 0 Å². The summed E-state index contributed by atoms with van der Waals surface area (Å²) in [5.74, 6) is 0. The number of hydrogen-bond donors (Lipinski definition) is 0. The standard InChI is InChI=1S/C6H11F3Si/c7-6(8,9)4-2-1-3-5-10/h1,3H,2,4-5H2,10H3. The van der Waals surface area contributed by atoms with E-state index in [2.05, 4.69) is 0 Å². The van der Waals surface area contributed by atoms with Crippen molar-refractivity contribution in [1.29, 1.82) is 0 Å². The van der Waals surface area contributed by atoms with Crippen molar-refractivity contribution in [3.05, 3.63) is 12.2 Å². The Hall–Kier alpha value is -0.253. The lowest BCUT2D eigenvalue weighted by Crippen LogP contribution is -2.05. The van der Waals surface area contributed by atoms with Crippen LogP contribution >= 0.6 is 0 Å². The van der Waals surface area contributed by atoms with E-state index in [-0.39, 0.29) is 6.42 Å². The number of rotatable bonds is 3. The number of halogens is 3. The average Bonchev–Trinajstić information content (AvgIpc) is 1.78. The molecule has 0 spiro atoms. The highest BCUT2D eigenvalue weighted by Crippen LogP contribution is 2.21. The molecule has 0 saturated heterocycles. The van der Waals surface area contributed by atoms with Gasteiger partial charge in [-0.2, -0.15) is 13.2 Å². The van der Waals surface area contributed by atoms with Crippen LogP contribution in [0.1, 0.15) is 12.8 Å². The first kappa shape index (κ1) is 9.75. The van der Waals surface area contributed by atoms with Gasteiger partial charge in [0, 0.05) is 16.7 Å².